The van der Waals surface area contributed by atoms with E-state index in [4.69, 9.17) is 28.9 Å². The molecule has 1 fully saturated rings. The summed E-state index contributed by atoms with van der Waals surface area (Å²) in [4.78, 5) is 24.5. The van der Waals surface area contributed by atoms with E-state index in [1.54, 1.807) is 31.2 Å². The fraction of sp³-hybridized carbons (Fsp3) is 0.154. The molecule has 7 heteroatoms. The summed E-state index contributed by atoms with van der Waals surface area (Å²) in [5, 5.41) is 9.40. The minimum Gasteiger partial charge on any atom is -0.480 e. The maximum atomic E-state index is 12.2. The molecule has 1 aliphatic rings. The number of carbonyl (C=O) groups excluding carboxylic acids is 1. The van der Waals surface area contributed by atoms with E-state index in [9.17, 15) is 9.59 Å². The number of hydrogen-bond donors (Lipinski definition) is 1. The first-order chi connectivity index (χ1) is 9.40. The van der Waals surface area contributed by atoms with Crippen molar-refractivity contribution < 1.29 is 14.7 Å². The molecular weight excluding hydrogens is 318 g/mol. The molecule has 1 amide bonds. The Kier molecular flexibility index (Phi) is 4.47. The monoisotopic (exact) mass is 327 g/mol. The topological polar surface area (TPSA) is 57.6 Å². The number of hydrogen-bond acceptors (Lipinski definition) is 4. The first kappa shape index (κ1) is 15.0. The Morgan fingerprint density at radius 2 is 2.00 bits per heavy atom. The Morgan fingerprint density at radius 3 is 2.55 bits per heavy atom. The van der Waals surface area contributed by atoms with Crippen molar-refractivity contribution in [2.24, 2.45) is 0 Å². The number of allylic oxidation sites excluding steroid dienone is 1. The van der Waals surface area contributed by atoms with Crippen molar-refractivity contribution in [1.29, 1.82) is 0 Å². The summed E-state index contributed by atoms with van der Waals surface area (Å²) in [6.07, 6.45) is 0. The van der Waals surface area contributed by atoms with Crippen LogP contribution in [0.2, 0.25) is 5.02 Å². The molecule has 1 aromatic rings. The van der Waals surface area contributed by atoms with Gasteiger partial charge in [-0.3, -0.25) is 14.5 Å². The van der Waals surface area contributed by atoms with Gasteiger partial charge in [-0.15, -0.1) is 0 Å². The van der Waals surface area contributed by atoms with Gasteiger partial charge in [0.1, 0.15) is 10.9 Å². The second-order valence-corrected chi connectivity index (χ2v) is 6.19. The molecule has 1 N–H and O–H groups in total. The van der Waals surface area contributed by atoms with Gasteiger partial charge >= 0.3 is 5.97 Å². The Balaban J connectivity index is 2.35. The predicted octanol–water partition coefficient (Wildman–Crippen LogP) is 3.02. The van der Waals surface area contributed by atoms with Crippen LogP contribution in [0.1, 0.15) is 12.5 Å². The Labute approximate surface area is 130 Å². The Bertz CT molecular complexity index is 625. The van der Waals surface area contributed by atoms with Crippen LogP contribution in [0.5, 0.6) is 0 Å². The van der Waals surface area contributed by atoms with Crippen LogP contribution in [0.25, 0.3) is 5.57 Å². The van der Waals surface area contributed by atoms with E-state index in [1.165, 1.54) is 0 Å². The highest BCUT2D eigenvalue weighted by molar-refractivity contribution is 8.26. The van der Waals surface area contributed by atoms with Crippen LogP contribution in [-0.2, 0) is 9.59 Å². The van der Waals surface area contributed by atoms with Crippen molar-refractivity contribution in [2.75, 3.05) is 6.54 Å². The lowest BCUT2D eigenvalue weighted by atomic mass is 10.1. The fourth-order valence-electron chi connectivity index (χ4n) is 1.73. The van der Waals surface area contributed by atoms with Gasteiger partial charge in [-0.05, 0) is 30.2 Å². The third kappa shape index (κ3) is 3.03. The van der Waals surface area contributed by atoms with Gasteiger partial charge in [-0.25, -0.2) is 0 Å². The molecule has 1 saturated heterocycles. The number of halogens is 1. The summed E-state index contributed by atoms with van der Waals surface area (Å²) in [6.45, 7) is 1.39. The molecule has 2 rings (SSSR count). The summed E-state index contributed by atoms with van der Waals surface area (Å²) >= 11 is 12.0. The van der Waals surface area contributed by atoms with Gasteiger partial charge in [0, 0.05) is 5.02 Å². The second-order valence-electron chi connectivity index (χ2n) is 4.11. The van der Waals surface area contributed by atoms with Crippen molar-refractivity contribution in [1.82, 2.24) is 4.90 Å². The number of benzene rings is 1. The largest absolute Gasteiger partial charge is 0.480 e. The summed E-state index contributed by atoms with van der Waals surface area (Å²) in [5.41, 5.74) is 1.61. The lowest BCUT2D eigenvalue weighted by molar-refractivity contribution is -0.140. The number of nitrogens with zero attached hydrogens (tertiary/aromatic N) is 1. The lowest BCUT2D eigenvalue weighted by Crippen LogP contribution is -2.33. The molecule has 0 unspecified atom stereocenters. The molecule has 0 bridgehead atoms. The van der Waals surface area contributed by atoms with Gasteiger partial charge in [0.25, 0.3) is 5.91 Å². The third-order valence-electron chi connectivity index (χ3n) is 2.76. The number of carboxylic acid groups (broad SMARTS) is 1. The van der Waals surface area contributed by atoms with Crippen LogP contribution in [0, 0.1) is 0 Å². The predicted molar refractivity (Wildman–Crippen MR) is 83.6 cm³/mol. The smallest absolute Gasteiger partial charge is 0.323 e. The highest BCUT2D eigenvalue weighted by Crippen LogP contribution is 2.36. The van der Waals surface area contributed by atoms with Gasteiger partial charge in [0.2, 0.25) is 0 Å². The average Bonchev–Trinajstić information content (AvgIpc) is 2.66. The minimum atomic E-state index is -1.09. The summed E-state index contributed by atoms with van der Waals surface area (Å²) in [7, 11) is 0. The molecule has 0 spiro atoms. The molecule has 4 nitrogen and oxygen atoms in total. The second kappa shape index (κ2) is 5.95. The average molecular weight is 328 g/mol. The quantitative estimate of drug-likeness (QED) is 0.683. The minimum absolute atomic E-state index is 0.265. The van der Waals surface area contributed by atoms with Crippen LogP contribution in [0.3, 0.4) is 0 Å². The Morgan fingerprint density at radius 1 is 1.40 bits per heavy atom. The van der Waals surface area contributed by atoms with Crippen LogP contribution >= 0.6 is 35.6 Å². The molecule has 1 heterocycles. The molecule has 0 aromatic heterocycles. The van der Waals surface area contributed by atoms with Crippen molar-refractivity contribution in [3.8, 4) is 0 Å². The number of carbonyl (C=O) groups is 2. The highest BCUT2D eigenvalue weighted by atomic mass is 35.5. The van der Waals surface area contributed by atoms with Crippen LogP contribution < -0.4 is 0 Å². The molecule has 20 heavy (non-hydrogen) atoms. The maximum absolute atomic E-state index is 12.2. The number of rotatable bonds is 3. The zero-order valence-corrected chi connectivity index (χ0v) is 12.8. The lowest BCUT2D eigenvalue weighted by Gasteiger charge is -2.10. The first-order valence-electron chi connectivity index (χ1n) is 5.62. The zero-order valence-electron chi connectivity index (χ0n) is 10.4. The van der Waals surface area contributed by atoms with Crippen molar-refractivity contribution in [3.63, 3.8) is 0 Å². The van der Waals surface area contributed by atoms with E-state index in [-0.39, 0.29) is 10.2 Å². The van der Waals surface area contributed by atoms with E-state index >= 15 is 0 Å². The van der Waals surface area contributed by atoms with Crippen LogP contribution in [0.15, 0.2) is 29.2 Å². The number of carboxylic acids is 1. The molecule has 1 aliphatic heterocycles. The zero-order chi connectivity index (χ0) is 14.9. The molecule has 0 saturated carbocycles. The van der Waals surface area contributed by atoms with Crippen molar-refractivity contribution in [2.45, 2.75) is 6.92 Å². The third-order valence-corrected chi connectivity index (χ3v) is 4.56. The van der Waals surface area contributed by atoms with E-state index in [0.717, 1.165) is 27.8 Å². The van der Waals surface area contributed by atoms with Crippen molar-refractivity contribution in [3.05, 3.63) is 39.8 Å². The number of thioether (sulfide) groups is 1. The van der Waals surface area contributed by atoms with E-state index < -0.39 is 12.5 Å². The summed E-state index contributed by atoms with van der Waals surface area (Å²) < 4.78 is 0.265. The maximum Gasteiger partial charge on any atom is 0.323 e. The molecular formula is C13H10ClNO3S2. The van der Waals surface area contributed by atoms with Gasteiger partial charge in [0.05, 0.1) is 4.91 Å². The summed E-state index contributed by atoms with van der Waals surface area (Å²) in [6, 6.07) is 7.08. The van der Waals surface area contributed by atoms with Gasteiger partial charge in [0.15, 0.2) is 0 Å². The molecule has 0 atom stereocenters. The normalized spacial score (nSPS) is 17.6. The standard InChI is InChI=1S/C13H10ClNO3S2/c1-7(8-2-4-9(14)5-3-8)11-12(18)15(6-10(16)17)13(19)20-11/h2-5H,6H2,1H3,(H,16,17)/b11-7-. The van der Waals surface area contributed by atoms with Crippen LogP contribution in [0.4, 0.5) is 0 Å². The SMILES string of the molecule is C/C(=C1/SC(=S)N(CC(=O)O)C1=O)c1ccc(Cl)cc1. The van der Waals surface area contributed by atoms with E-state index in [1.807, 2.05) is 0 Å². The molecule has 0 aliphatic carbocycles. The molecule has 0 radical (unpaired) electrons. The van der Waals surface area contributed by atoms with Crippen LogP contribution in [-0.4, -0.2) is 32.7 Å². The first-order valence-corrected chi connectivity index (χ1v) is 7.22. The number of amides is 1. The Hall–Kier alpha value is -1.37. The van der Waals surface area contributed by atoms with Gasteiger partial charge < -0.3 is 5.11 Å². The van der Waals surface area contributed by atoms with E-state index in [2.05, 4.69) is 0 Å². The van der Waals surface area contributed by atoms with Crippen molar-refractivity contribution >= 4 is 57.4 Å². The van der Waals surface area contributed by atoms with Gasteiger partial charge in [-0.1, -0.05) is 47.7 Å². The van der Waals surface area contributed by atoms with E-state index in [0.29, 0.717) is 9.93 Å². The molecule has 104 valence electrons. The highest BCUT2D eigenvalue weighted by Gasteiger charge is 2.34. The number of thiocarbonyl (C=S) groups is 1. The number of aliphatic carboxylic acids is 1. The fourth-order valence-corrected chi connectivity index (χ4v) is 3.16. The summed E-state index contributed by atoms with van der Waals surface area (Å²) in [5.74, 6) is -1.46. The molecule has 1 aromatic carbocycles. The van der Waals surface area contributed by atoms with Gasteiger partial charge in [-0.2, -0.15) is 0 Å².